The molecule has 0 unspecified atom stereocenters. The highest BCUT2D eigenvalue weighted by Crippen LogP contribution is 2.23. The smallest absolute Gasteiger partial charge is 0.148 e. The highest BCUT2D eigenvalue weighted by molar-refractivity contribution is 5.65. The second-order valence-electron chi connectivity index (χ2n) is 4.37. The first kappa shape index (κ1) is 12.5. The largest absolute Gasteiger partial charge is 0.394 e. The van der Waals surface area contributed by atoms with E-state index in [1.807, 2.05) is 20.0 Å². The first-order valence-corrected chi connectivity index (χ1v) is 6.09. The second-order valence-corrected chi connectivity index (χ2v) is 4.37. The van der Waals surface area contributed by atoms with Crippen LogP contribution in [0.1, 0.15) is 30.5 Å². The monoisotopic (exact) mass is 249 g/mol. The number of nitrogens with two attached hydrogens (primary N) is 1. The topological polar surface area (TPSA) is 81.9 Å². The van der Waals surface area contributed by atoms with E-state index in [0.29, 0.717) is 6.54 Å². The predicted octanol–water partition coefficient (Wildman–Crippen LogP) is 1.86. The van der Waals surface area contributed by atoms with Gasteiger partial charge in [0.25, 0.3) is 0 Å². The van der Waals surface area contributed by atoms with Crippen molar-refractivity contribution in [1.29, 1.82) is 0 Å². The van der Waals surface area contributed by atoms with E-state index in [0.717, 1.165) is 41.5 Å². The second kappa shape index (κ2) is 5.12. The first-order chi connectivity index (χ1) is 8.61. The standard InChI is InChI=1S/C12H19N5O/c1-4-5-10-11(13)12(17(3)15-10)14-7-9-6-8(2)18-16-9/h6,14H,4-5,7,13H2,1-3H3. The van der Waals surface area contributed by atoms with Gasteiger partial charge in [-0.25, -0.2) is 0 Å². The Morgan fingerprint density at radius 1 is 1.50 bits per heavy atom. The Kier molecular flexibility index (Phi) is 3.55. The SMILES string of the molecule is CCCc1nn(C)c(NCc2cc(C)on2)c1N. The Bertz CT molecular complexity index is 529. The molecule has 6 heteroatoms. The number of aromatic nitrogens is 3. The summed E-state index contributed by atoms with van der Waals surface area (Å²) in [6.45, 7) is 4.56. The van der Waals surface area contributed by atoms with Crippen molar-refractivity contribution in [3.8, 4) is 0 Å². The van der Waals surface area contributed by atoms with Gasteiger partial charge in [-0.15, -0.1) is 0 Å². The Balaban J connectivity index is 2.09. The summed E-state index contributed by atoms with van der Waals surface area (Å²) in [6, 6.07) is 1.90. The van der Waals surface area contributed by atoms with Crippen LogP contribution in [0.3, 0.4) is 0 Å². The number of hydrogen-bond acceptors (Lipinski definition) is 5. The van der Waals surface area contributed by atoms with Crippen LogP contribution in [0.4, 0.5) is 11.5 Å². The minimum absolute atomic E-state index is 0.576. The van der Waals surface area contributed by atoms with Crippen LogP contribution in [0, 0.1) is 6.92 Å². The maximum absolute atomic E-state index is 6.07. The molecule has 0 aromatic carbocycles. The molecule has 18 heavy (non-hydrogen) atoms. The van der Waals surface area contributed by atoms with Gasteiger partial charge >= 0.3 is 0 Å². The third-order valence-electron chi connectivity index (χ3n) is 2.76. The molecular formula is C12H19N5O. The number of nitrogens with zero attached hydrogens (tertiary/aromatic N) is 3. The van der Waals surface area contributed by atoms with E-state index in [9.17, 15) is 0 Å². The molecule has 0 aliphatic rings. The number of hydrogen-bond donors (Lipinski definition) is 2. The van der Waals surface area contributed by atoms with E-state index in [4.69, 9.17) is 10.3 Å². The lowest BCUT2D eigenvalue weighted by Gasteiger charge is -2.05. The number of nitrogen functional groups attached to an aromatic ring is 1. The van der Waals surface area contributed by atoms with Crippen LogP contribution in [0.2, 0.25) is 0 Å². The normalized spacial score (nSPS) is 10.8. The van der Waals surface area contributed by atoms with Gasteiger partial charge < -0.3 is 15.6 Å². The van der Waals surface area contributed by atoms with E-state index in [2.05, 4.69) is 22.5 Å². The van der Waals surface area contributed by atoms with Crippen molar-refractivity contribution in [3.05, 3.63) is 23.2 Å². The summed E-state index contributed by atoms with van der Waals surface area (Å²) in [7, 11) is 1.88. The fraction of sp³-hybridized carbons (Fsp3) is 0.500. The molecular weight excluding hydrogens is 230 g/mol. The zero-order valence-electron chi connectivity index (χ0n) is 11.0. The molecule has 0 atom stereocenters. The van der Waals surface area contributed by atoms with E-state index >= 15 is 0 Å². The fourth-order valence-electron chi connectivity index (χ4n) is 1.90. The quantitative estimate of drug-likeness (QED) is 0.845. The average Bonchev–Trinajstić information content (AvgIpc) is 2.84. The molecule has 98 valence electrons. The van der Waals surface area contributed by atoms with Crippen molar-refractivity contribution >= 4 is 11.5 Å². The molecule has 0 aliphatic heterocycles. The maximum atomic E-state index is 6.07. The van der Waals surface area contributed by atoms with Crippen molar-refractivity contribution in [2.24, 2.45) is 7.05 Å². The van der Waals surface area contributed by atoms with Gasteiger partial charge in [0.2, 0.25) is 0 Å². The van der Waals surface area contributed by atoms with E-state index in [-0.39, 0.29) is 0 Å². The van der Waals surface area contributed by atoms with Gasteiger partial charge in [-0.1, -0.05) is 18.5 Å². The Morgan fingerprint density at radius 3 is 2.89 bits per heavy atom. The predicted molar refractivity (Wildman–Crippen MR) is 70.2 cm³/mol. The highest BCUT2D eigenvalue weighted by Gasteiger charge is 2.12. The van der Waals surface area contributed by atoms with Crippen molar-refractivity contribution in [1.82, 2.24) is 14.9 Å². The molecule has 3 N–H and O–H groups in total. The summed E-state index contributed by atoms with van der Waals surface area (Å²) in [5.41, 5.74) is 8.59. The zero-order valence-corrected chi connectivity index (χ0v) is 11.0. The summed E-state index contributed by atoms with van der Waals surface area (Å²) in [5, 5.41) is 11.6. The molecule has 0 saturated heterocycles. The van der Waals surface area contributed by atoms with Gasteiger partial charge in [-0.2, -0.15) is 5.10 Å². The third kappa shape index (κ3) is 2.47. The van der Waals surface area contributed by atoms with Crippen molar-refractivity contribution in [2.75, 3.05) is 11.1 Å². The third-order valence-corrected chi connectivity index (χ3v) is 2.76. The number of anilines is 2. The summed E-state index contributed by atoms with van der Waals surface area (Å²) in [4.78, 5) is 0. The molecule has 2 aromatic heterocycles. The minimum Gasteiger partial charge on any atom is -0.394 e. The van der Waals surface area contributed by atoms with Gasteiger partial charge in [0.15, 0.2) is 0 Å². The summed E-state index contributed by atoms with van der Waals surface area (Å²) in [5.74, 6) is 1.63. The average molecular weight is 249 g/mol. The van der Waals surface area contributed by atoms with Crippen LogP contribution in [0.5, 0.6) is 0 Å². The molecule has 0 spiro atoms. The van der Waals surface area contributed by atoms with Crippen molar-refractivity contribution < 1.29 is 4.52 Å². The van der Waals surface area contributed by atoms with Gasteiger partial charge in [0, 0.05) is 13.1 Å². The molecule has 0 bridgehead atoms. The fourth-order valence-corrected chi connectivity index (χ4v) is 1.90. The summed E-state index contributed by atoms with van der Waals surface area (Å²) < 4.78 is 6.78. The van der Waals surface area contributed by atoms with Crippen LogP contribution in [0.15, 0.2) is 10.6 Å². The number of aryl methyl sites for hydroxylation is 3. The van der Waals surface area contributed by atoms with E-state index < -0.39 is 0 Å². The molecule has 0 radical (unpaired) electrons. The van der Waals surface area contributed by atoms with Crippen LogP contribution in [-0.2, 0) is 20.0 Å². The van der Waals surface area contributed by atoms with Gasteiger partial charge in [0.1, 0.15) is 17.3 Å². The Labute approximate surface area is 106 Å². The molecule has 0 aliphatic carbocycles. The van der Waals surface area contributed by atoms with Gasteiger partial charge in [-0.05, 0) is 13.3 Å². The van der Waals surface area contributed by atoms with E-state index in [1.54, 1.807) is 4.68 Å². The summed E-state index contributed by atoms with van der Waals surface area (Å²) in [6.07, 6.45) is 1.92. The molecule has 2 rings (SSSR count). The Morgan fingerprint density at radius 2 is 2.28 bits per heavy atom. The lowest BCUT2D eigenvalue weighted by Crippen LogP contribution is -2.06. The molecule has 0 saturated carbocycles. The minimum atomic E-state index is 0.576. The van der Waals surface area contributed by atoms with Gasteiger partial charge in [-0.3, -0.25) is 4.68 Å². The Hall–Kier alpha value is -1.98. The van der Waals surface area contributed by atoms with Crippen LogP contribution in [0.25, 0.3) is 0 Å². The number of rotatable bonds is 5. The van der Waals surface area contributed by atoms with Crippen LogP contribution in [-0.4, -0.2) is 14.9 Å². The van der Waals surface area contributed by atoms with Crippen molar-refractivity contribution in [3.63, 3.8) is 0 Å². The first-order valence-electron chi connectivity index (χ1n) is 6.09. The highest BCUT2D eigenvalue weighted by atomic mass is 16.5. The van der Waals surface area contributed by atoms with Crippen LogP contribution >= 0.6 is 0 Å². The summed E-state index contributed by atoms with van der Waals surface area (Å²) >= 11 is 0. The molecule has 6 nitrogen and oxygen atoms in total. The lowest BCUT2D eigenvalue weighted by atomic mass is 10.2. The zero-order chi connectivity index (χ0) is 13.1. The molecule has 2 aromatic rings. The maximum Gasteiger partial charge on any atom is 0.148 e. The van der Waals surface area contributed by atoms with Gasteiger partial charge in [0.05, 0.1) is 17.9 Å². The molecule has 0 fully saturated rings. The number of nitrogens with one attached hydrogen (secondary N) is 1. The molecule has 0 amide bonds. The van der Waals surface area contributed by atoms with E-state index in [1.165, 1.54) is 0 Å². The lowest BCUT2D eigenvalue weighted by molar-refractivity contribution is 0.391. The van der Waals surface area contributed by atoms with Crippen molar-refractivity contribution in [2.45, 2.75) is 33.2 Å². The molecule has 2 heterocycles. The van der Waals surface area contributed by atoms with Crippen LogP contribution < -0.4 is 11.1 Å².